The van der Waals surface area contributed by atoms with Gasteiger partial charge in [-0.1, -0.05) is 48.5 Å². The maximum Gasteiger partial charge on any atom is 0.338 e. The molecule has 126 valence electrons. The Bertz CT molecular complexity index is 658. The number of esters is 1. The van der Waals surface area contributed by atoms with E-state index in [0.29, 0.717) is 12.0 Å². The average Bonchev–Trinajstić information content (AvgIpc) is 3.01. The van der Waals surface area contributed by atoms with Crippen LogP contribution in [0.2, 0.25) is 0 Å². The Labute approximate surface area is 140 Å². The van der Waals surface area contributed by atoms with Crippen molar-refractivity contribution < 1.29 is 24.1 Å². The second-order valence-corrected chi connectivity index (χ2v) is 5.67. The van der Waals surface area contributed by atoms with Gasteiger partial charge in [0.05, 0.1) is 11.7 Å². The zero-order valence-corrected chi connectivity index (χ0v) is 13.4. The molecule has 1 fully saturated rings. The van der Waals surface area contributed by atoms with Gasteiger partial charge in [0.1, 0.15) is 6.10 Å². The fourth-order valence-corrected chi connectivity index (χ4v) is 2.80. The van der Waals surface area contributed by atoms with E-state index in [4.69, 9.17) is 14.2 Å². The lowest BCUT2D eigenvalue weighted by atomic mass is 10.00. The third-order valence-corrected chi connectivity index (χ3v) is 4.05. The minimum Gasteiger partial charge on any atom is -0.451 e. The molecular formula is C19H20O5. The highest BCUT2D eigenvalue weighted by Crippen LogP contribution is 2.34. The highest BCUT2D eigenvalue weighted by molar-refractivity contribution is 5.89. The molecule has 5 nitrogen and oxygen atoms in total. The molecule has 0 aliphatic carbocycles. The first-order valence-corrected chi connectivity index (χ1v) is 7.86. The Morgan fingerprint density at radius 1 is 1.12 bits per heavy atom. The molecule has 2 aromatic carbocycles. The molecule has 2 aromatic rings. The number of aliphatic hydroxyl groups excluding tert-OH is 1. The molecule has 1 N–H and O–H groups in total. The van der Waals surface area contributed by atoms with E-state index in [9.17, 15) is 9.90 Å². The average molecular weight is 328 g/mol. The molecule has 0 aromatic heterocycles. The topological polar surface area (TPSA) is 65.0 Å². The van der Waals surface area contributed by atoms with Crippen LogP contribution in [-0.2, 0) is 14.2 Å². The molecule has 1 heterocycles. The lowest BCUT2D eigenvalue weighted by molar-refractivity contribution is -0.147. The molecule has 0 amide bonds. The number of hydrogen-bond acceptors (Lipinski definition) is 5. The Morgan fingerprint density at radius 3 is 2.33 bits per heavy atom. The molecule has 4 atom stereocenters. The summed E-state index contributed by atoms with van der Waals surface area (Å²) in [6.07, 6.45) is -2.33. The van der Waals surface area contributed by atoms with Crippen molar-refractivity contribution in [2.75, 3.05) is 7.11 Å². The monoisotopic (exact) mass is 328 g/mol. The molecule has 0 saturated carbocycles. The molecular weight excluding hydrogens is 308 g/mol. The van der Waals surface area contributed by atoms with Gasteiger partial charge in [0.2, 0.25) is 0 Å². The maximum atomic E-state index is 12.5. The number of carbonyl (C=O) groups is 1. The van der Waals surface area contributed by atoms with E-state index in [1.165, 1.54) is 7.11 Å². The number of aliphatic hydroxyl groups is 1. The zero-order chi connectivity index (χ0) is 16.9. The SMILES string of the molecule is COC1C[C@@H](O)[C@@H]([C@H](OC(=O)c2ccccc2)c2ccccc2)O1. The first-order chi connectivity index (χ1) is 11.7. The Hall–Kier alpha value is -2.21. The summed E-state index contributed by atoms with van der Waals surface area (Å²) in [5.74, 6) is -0.457. The third kappa shape index (κ3) is 3.64. The summed E-state index contributed by atoms with van der Waals surface area (Å²) in [7, 11) is 1.52. The molecule has 1 unspecified atom stereocenters. The van der Waals surface area contributed by atoms with Gasteiger partial charge in [-0.3, -0.25) is 0 Å². The van der Waals surface area contributed by atoms with Gasteiger partial charge in [-0.05, 0) is 17.7 Å². The summed E-state index contributed by atoms with van der Waals surface area (Å²) >= 11 is 0. The predicted molar refractivity (Wildman–Crippen MR) is 87.3 cm³/mol. The normalized spacial score (nSPS) is 24.5. The second-order valence-electron chi connectivity index (χ2n) is 5.67. The number of hydrogen-bond donors (Lipinski definition) is 1. The minimum atomic E-state index is -0.774. The van der Waals surface area contributed by atoms with Crippen LogP contribution >= 0.6 is 0 Å². The van der Waals surface area contributed by atoms with E-state index in [2.05, 4.69) is 0 Å². The van der Waals surface area contributed by atoms with Gasteiger partial charge in [0.25, 0.3) is 0 Å². The van der Waals surface area contributed by atoms with Crippen LogP contribution in [0.4, 0.5) is 0 Å². The largest absolute Gasteiger partial charge is 0.451 e. The van der Waals surface area contributed by atoms with Crippen LogP contribution in [0.1, 0.15) is 28.4 Å². The van der Waals surface area contributed by atoms with E-state index in [0.717, 1.165) is 5.56 Å². The summed E-state index contributed by atoms with van der Waals surface area (Å²) in [5, 5.41) is 10.3. The summed E-state index contributed by atoms with van der Waals surface area (Å²) < 4.78 is 16.6. The van der Waals surface area contributed by atoms with Crippen molar-refractivity contribution in [1.29, 1.82) is 0 Å². The third-order valence-electron chi connectivity index (χ3n) is 4.05. The molecule has 5 heteroatoms. The van der Waals surface area contributed by atoms with Crippen LogP contribution in [0.3, 0.4) is 0 Å². The van der Waals surface area contributed by atoms with E-state index in [1.807, 2.05) is 36.4 Å². The van der Waals surface area contributed by atoms with E-state index < -0.39 is 30.6 Å². The van der Waals surface area contributed by atoms with Gasteiger partial charge < -0.3 is 19.3 Å². The number of carbonyl (C=O) groups excluding carboxylic acids is 1. The maximum absolute atomic E-state index is 12.5. The lowest BCUT2D eigenvalue weighted by Crippen LogP contribution is -2.32. The van der Waals surface area contributed by atoms with Gasteiger partial charge in [-0.15, -0.1) is 0 Å². The lowest BCUT2D eigenvalue weighted by Gasteiger charge is -2.26. The molecule has 1 aliphatic heterocycles. The second kappa shape index (κ2) is 7.57. The number of rotatable bonds is 5. The van der Waals surface area contributed by atoms with E-state index in [1.54, 1.807) is 24.3 Å². The van der Waals surface area contributed by atoms with Crippen molar-refractivity contribution in [2.45, 2.75) is 31.0 Å². The van der Waals surface area contributed by atoms with Crippen molar-refractivity contribution in [1.82, 2.24) is 0 Å². The fourth-order valence-electron chi connectivity index (χ4n) is 2.80. The first-order valence-electron chi connectivity index (χ1n) is 7.86. The first kappa shape index (κ1) is 16.6. The quantitative estimate of drug-likeness (QED) is 0.855. The van der Waals surface area contributed by atoms with Crippen LogP contribution in [-0.4, -0.2) is 36.7 Å². The van der Waals surface area contributed by atoms with E-state index in [-0.39, 0.29) is 0 Å². The molecule has 0 spiro atoms. The van der Waals surface area contributed by atoms with Crippen molar-refractivity contribution in [3.63, 3.8) is 0 Å². The summed E-state index contributed by atoms with van der Waals surface area (Å²) in [6.45, 7) is 0. The molecule has 24 heavy (non-hydrogen) atoms. The van der Waals surface area contributed by atoms with Crippen molar-refractivity contribution >= 4 is 5.97 Å². The number of ether oxygens (including phenoxy) is 3. The summed E-state index contributed by atoms with van der Waals surface area (Å²) in [5.41, 5.74) is 1.22. The van der Waals surface area contributed by atoms with Crippen LogP contribution < -0.4 is 0 Å². The molecule has 0 radical (unpaired) electrons. The molecule has 0 bridgehead atoms. The van der Waals surface area contributed by atoms with Crippen molar-refractivity contribution in [3.8, 4) is 0 Å². The summed E-state index contributed by atoms with van der Waals surface area (Å²) in [4.78, 5) is 12.5. The van der Waals surface area contributed by atoms with Gasteiger partial charge in [-0.25, -0.2) is 4.79 Å². The number of methoxy groups -OCH3 is 1. The van der Waals surface area contributed by atoms with Crippen LogP contribution in [0.5, 0.6) is 0 Å². The number of benzene rings is 2. The Kier molecular flexibility index (Phi) is 5.25. The summed E-state index contributed by atoms with van der Waals surface area (Å²) in [6, 6.07) is 18.0. The molecule has 3 rings (SSSR count). The van der Waals surface area contributed by atoms with Crippen LogP contribution in [0.15, 0.2) is 60.7 Å². The van der Waals surface area contributed by atoms with Crippen LogP contribution in [0, 0.1) is 0 Å². The molecule has 1 aliphatic rings. The fraction of sp³-hybridized carbons (Fsp3) is 0.316. The Morgan fingerprint density at radius 2 is 1.75 bits per heavy atom. The van der Waals surface area contributed by atoms with Crippen LogP contribution in [0.25, 0.3) is 0 Å². The minimum absolute atomic E-state index is 0.341. The zero-order valence-electron chi connectivity index (χ0n) is 13.4. The van der Waals surface area contributed by atoms with Crippen molar-refractivity contribution in [3.05, 3.63) is 71.8 Å². The van der Waals surface area contributed by atoms with E-state index >= 15 is 0 Å². The highest BCUT2D eigenvalue weighted by atomic mass is 16.7. The Balaban J connectivity index is 1.85. The molecule has 1 saturated heterocycles. The van der Waals surface area contributed by atoms with Gasteiger partial charge in [0.15, 0.2) is 12.4 Å². The van der Waals surface area contributed by atoms with Gasteiger partial charge in [-0.2, -0.15) is 0 Å². The van der Waals surface area contributed by atoms with Gasteiger partial charge >= 0.3 is 5.97 Å². The smallest absolute Gasteiger partial charge is 0.338 e. The predicted octanol–water partition coefficient (Wildman–Crippen LogP) is 2.71. The standard InChI is InChI=1S/C19H20O5/c1-22-16-12-15(20)18(23-16)17(13-8-4-2-5-9-13)24-19(21)14-10-6-3-7-11-14/h2-11,15-18,20H,12H2,1H3/t15-,16?,17-,18+/m1/s1. The highest BCUT2D eigenvalue weighted by Gasteiger charge is 2.42. The van der Waals surface area contributed by atoms with Gasteiger partial charge in [0, 0.05) is 13.5 Å². The van der Waals surface area contributed by atoms with Crippen molar-refractivity contribution in [2.24, 2.45) is 0 Å².